The highest BCUT2D eigenvalue weighted by atomic mass is 16.9. The summed E-state index contributed by atoms with van der Waals surface area (Å²) in [5, 5.41) is 10.1. The summed E-state index contributed by atoms with van der Waals surface area (Å²) in [5.74, 6) is -0.820. The summed E-state index contributed by atoms with van der Waals surface area (Å²) in [4.78, 5) is 0. The van der Waals surface area contributed by atoms with Crippen LogP contribution in [0, 0.1) is 11.3 Å². The number of benzene rings is 2. The number of hydrogen-bond donors (Lipinski definition) is 0. The lowest BCUT2D eigenvalue weighted by Crippen LogP contribution is -2.44. The maximum Gasteiger partial charge on any atom is 0.390 e. The van der Waals surface area contributed by atoms with E-state index in [1.54, 1.807) is 0 Å². The second kappa shape index (κ2) is 9.42. The third-order valence-electron chi connectivity index (χ3n) is 4.39. The first-order chi connectivity index (χ1) is 14.2. The average Bonchev–Trinajstić information content (AvgIpc) is 2.76. The lowest BCUT2D eigenvalue weighted by Gasteiger charge is -2.39. The highest BCUT2D eigenvalue weighted by Crippen LogP contribution is 2.46. The van der Waals surface area contributed by atoms with Crippen molar-refractivity contribution < 1.29 is 18.9 Å². The van der Waals surface area contributed by atoms with Crippen molar-refractivity contribution in [2.45, 2.75) is 26.7 Å². The van der Waals surface area contributed by atoms with Gasteiger partial charge in [0.2, 0.25) is 5.76 Å². The minimum absolute atomic E-state index is 0.336. The van der Waals surface area contributed by atoms with Crippen molar-refractivity contribution in [2.75, 3.05) is 19.8 Å². The first-order valence-electron chi connectivity index (χ1n) is 9.80. The molecule has 1 aliphatic rings. The van der Waals surface area contributed by atoms with Crippen LogP contribution in [-0.2, 0) is 18.9 Å². The van der Waals surface area contributed by atoms with Crippen LogP contribution >= 0.6 is 0 Å². The molecule has 0 fully saturated rings. The zero-order valence-corrected chi connectivity index (χ0v) is 17.0. The van der Waals surface area contributed by atoms with E-state index in [-0.39, 0.29) is 0 Å². The SMILES string of the molecule is CCOC1=C(c2ccccc2)C(C#N)=C(c2ccccc2)OC1(OCC)OCC. The molecule has 3 rings (SSSR count). The second-order valence-corrected chi connectivity index (χ2v) is 6.21. The zero-order chi connectivity index (χ0) is 20.7. The molecule has 2 aromatic carbocycles. The van der Waals surface area contributed by atoms with E-state index in [4.69, 9.17) is 18.9 Å². The summed E-state index contributed by atoms with van der Waals surface area (Å²) in [6, 6.07) is 21.4. The van der Waals surface area contributed by atoms with Crippen LogP contribution in [0.25, 0.3) is 11.3 Å². The predicted molar refractivity (Wildman–Crippen MR) is 111 cm³/mol. The minimum Gasteiger partial charge on any atom is -0.489 e. The van der Waals surface area contributed by atoms with Crippen molar-refractivity contribution in [2.24, 2.45) is 0 Å². The van der Waals surface area contributed by atoms with E-state index >= 15 is 0 Å². The van der Waals surface area contributed by atoms with Crippen molar-refractivity contribution in [3.8, 4) is 6.07 Å². The smallest absolute Gasteiger partial charge is 0.390 e. The van der Waals surface area contributed by atoms with Gasteiger partial charge in [-0.05, 0) is 26.3 Å². The van der Waals surface area contributed by atoms with Gasteiger partial charge in [-0.3, -0.25) is 0 Å². The van der Waals surface area contributed by atoms with Crippen LogP contribution in [0.4, 0.5) is 0 Å². The van der Waals surface area contributed by atoms with Crippen LogP contribution in [0.5, 0.6) is 0 Å². The molecule has 5 heteroatoms. The molecule has 5 nitrogen and oxygen atoms in total. The summed E-state index contributed by atoms with van der Waals surface area (Å²) in [5.41, 5.74) is 2.58. The summed E-state index contributed by atoms with van der Waals surface area (Å²) in [7, 11) is 0. The first-order valence-corrected chi connectivity index (χ1v) is 9.80. The molecular formula is C24H25NO4. The Balaban J connectivity index is 2.37. The normalized spacial score (nSPS) is 15.7. The fraction of sp³-hybridized carbons (Fsp3) is 0.292. The summed E-state index contributed by atoms with van der Waals surface area (Å²) in [6.45, 7) is 6.64. The molecule has 29 heavy (non-hydrogen) atoms. The largest absolute Gasteiger partial charge is 0.489 e. The molecule has 0 N–H and O–H groups in total. The van der Waals surface area contributed by atoms with Gasteiger partial charge in [0.15, 0.2) is 5.76 Å². The average molecular weight is 391 g/mol. The van der Waals surface area contributed by atoms with Crippen molar-refractivity contribution in [1.29, 1.82) is 5.26 Å². The van der Waals surface area contributed by atoms with Crippen LogP contribution in [0.2, 0.25) is 0 Å². The Kier molecular flexibility index (Phi) is 6.71. The van der Waals surface area contributed by atoms with E-state index in [0.29, 0.717) is 42.5 Å². The third-order valence-corrected chi connectivity index (χ3v) is 4.39. The standard InChI is InChI=1S/C24H25NO4/c1-4-26-23-21(18-13-9-7-10-14-18)20(17-25)22(19-15-11-8-12-16-19)29-24(23,27-5-2)28-6-3/h7-16H,4-6H2,1-3H3. The molecule has 0 unspecified atom stereocenters. The van der Waals surface area contributed by atoms with Gasteiger partial charge in [0.1, 0.15) is 11.6 Å². The van der Waals surface area contributed by atoms with Gasteiger partial charge in [-0.2, -0.15) is 5.26 Å². The third kappa shape index (κ3) is 4.04. The van der Waals surface area contributed by atoms with Crippen LogP contribution in [-0.4, -0.2) is 25.8 Å². The van der Waals surface area contributed by atoms with Gasteiger partial charge < -0.3 is 18.9 Å². The molecule has 150 valence electrons. The molecule has 0 saturated heterocycles. The molecule has 0 amide bonds. The van der Waals surface area contributed by atoms with E-state index in [9.17, 15) is 5.26 Å². The van der Waals surface area contributed by atoms with Crippen LogP contribution in [0.1, 0.15) is 31.9 Å². The van der Waals surface area contributed by atoms with Crippen LogP contribution in [0.3, 0.4) is 0 Å². The molecule has 1 heterocycles. The molecule has 1 aliphatic heterocycles. The number of allylic oxidation sites excluding steroid dienone is 2. The van der Waals surface area contributed by atoms with Crippen molar-refractivity contribution >= 4 is 11.3 Å². The van der Waals surface area contributed by atoms with Crippen molar-refractivity contribution in [3.63, 3.8) is 0 Å². The van der Waals surface area contributed by atoms with Crippen molar-refractivity contribution in [1.82, 2.24) is 0 Å². The molecular weight excluding hydrogens is 366 g/mol. The van der Waals surface area contributed by atoms with E-state index in [0.717, 1.165) is 11.1 Å². The maximum absolute atomic E-state index is 10.1. The van der Waals surface area contributed by atoms with E-state index in [1.165, 1.54) is 0 Å². The van der Waals surface area contributed by atoms with Crippen LogP contribution < -0.4 is 0 Å². The monoisotopic (exact) mass is 391 g/mol. The van der Waals surface area contributed by atoms with Gasteiger partial charge in [-0.1, -0.05) is 60.7 Å². The summed E-state index contributed by atoms with van der Waals surface area (Å²) in [6.07, 6.45) is 0. The van der Waals surface area contributed by atoms with E-state index < -0.39 is 5.97 Å². The quantitative estimate of drug-likeness (QED) is 0.584. The predicted octanol–water partition coefficient (Wildman–Crippen LogP) is 5.13. The number of rotatable bonds is 8. The Morgan fingerprint density at radius 3 is 1.86 bits per heavy atom. The topological polar surface area (TPSA) is 60.7 Å². The molecule has 0 saturated carbocycles. The second-order valence-electron chi connectivity index (χ2n) is 6.21. The van der Waals surface area contributed by atoms with Gasteiger partial charge in [0.25, 0.3) is 0 Å². The van der Waals surface area contributed by atoms with Crippen molar-refractivity contribution in [3.05, 3.63) is 83.1 Å². The number of hydrogen-bond acceptors (Lipinski definition) is 5. The minimum atomic E-state index is -1.57. The maximum atomic E-state index is 10.1. The fourth-order valence-corrected chi connectivity index (χ4v) is 3.31. The van der Waals surface area contributed by atoms with Gasteiger partial charge >= 0.3 is 5.97 Å². The van der Waals surface area contributed by atoms with Gasteiger partial charge in [0, 0.05) is 5.56 Å². The zero-order valence-electron chi connectivity index (χ0n) is 17.0. The van der Waals surface area contributed by atoms with Gasteiger partial charge in [0.05, 0.1) is 25.4 Å². The highest BCUT2D eigenvalue weighted by Gasteiger charge is 2.49. The van der Waals surface area contributed by atoms with E-state index in [2.05, 4.69) is 6.07 Å². The van der Waals surface area contributed by atoms with E-state index in [1.807, 2.05) is 81.4 Å². The van der Waals surface area contributed by atoms with Crippen LogP contribution in [0.15, 0.2) is 72.0 Å². The molecule has 0 bridgehead atoms. The molecule has 0 aromatic heterocycles. The Morgan fingerprint density at radius 2 is 1.38 bits per heavy atom. The Hall–Kier alpha value is -3.07. The summed E-state index contributed by atoms with van der Waals surface area (Å²) >= 11 is 0. The summed E-state index contributed by atoms with van der Waals surface area (Å²) < 4.78 is 24.3. The van der Waals surface area contributed by atoms with Gasteiger partial charge in [-0.15, -0.1) is 0 Å². The molecule has 2 aromatic rings. The number of ether oxygens (including phenoxy) is 4. The molecule has 0 atom stereocenters. The molecule has 0 spiro atoms. The Morgan fingerprint density at radius 1 is 0.828 bits per heavy atom. The number of nitrogens with zero attached hydrogens (tertiary/aromatic N) is 1. The molecule has 0 radical (unpaired) electrons. The number of nitriles is 1. The Labute approximate surface area is 171 Å². The lowest BCUT2D eigenvalue weighted by molar-refractivity contribution is -0.344. The Bertz CT molecular complexity index is 920. The molecule has 0 aliphatic carbocycles. The lowest BCUT2D eigenvalue weighted by atomic mass is 9.91. The first kappa shape index (κ1) is 20.7. The highest BCUT2D eigenvalue weighted by molar-refractivity contribution is 5.94. The fourth-order valence-electron chi connectivity index (χ4n) is 3.31. The van der Waals surface area contributed by atoms with Gasteiger partial charge in [-0.25, -0.2) is 0 Å².